The molecule has 0 unspecified atom stereocenters. The molecule has 0 radical (unpaired) electrons. The number of benzene rings is 1. The van der Waals surface area contributed by atoms with Crippen molar-refractivity contribution in [2.75, 3.05) is 19.1 Å². The summed E-state index contributed by atoms with van der Waals surface area (Å²) in [5.74, 6) is 0.435. The first-order chi connectivity index (χ1) is 10.6. The zero-order valence-corrected chi connectivity index (χ0v) is 13.4. The summed E-state index contributed by atoms with van der Waals surface area (Å²) in [6.07, 6.45) is 1.67. The highest BCUT2D eigenvalue weighted by Crippen LogP contribution is 2.23. The summed E-state index contributed by atoms with van der Waals surface area (Å²) in [6, 6.07) is 7.58. The molecule has 1 aromatic carbocycles. The molecule has 1 heterocycles. The lowest BCUT2D eigenvalue weighted by molar-refractivity contribution is 0.0605. The molecule has 0 atom stereocenters. The van der Waals surface area contributed by atoms with Gasteiger partial charge in [-0.05, 0) is 43.7 Å². The van der Waals surface area contributed by atoms with Crippen LogP contribution in [0.25, 0.3) is 0 Å². The Bertz CT molecular complexity index is 665. The Kier molecular flexibility index (Phi) is 5.48. The van der Waals surface area contributed by atoms with Crippen LogP contribution in [-0.2, 0) is 4.74 Å². The van der Waals surface area contributed by atoms with E-state index in [1.165, 1.54) is 18.4 Å². The normalized spacial score (nSPS) is 10.7. The number of aromatic nitrogens is 1. The van der Waals surface area contributed by atoms with Crippen LogP contribution in [0.4, 0.5) is 5.13 Å². The molecule has 0 bridgehead atoms. The van der Waals surface area contributed by atoms with E-state index >= 15 is 0 Å². The van der Waals surface area contributed by atoms with Crippen LogP contribution in [-0.4, -0.2) is 30.9 Å². The van der Waals surface area contributed by atoms with Crippen molar-refractivity contribution in [3.63, 3.8) is 0 Å². The van der Waals surface area contributed by atoms with Gasteiger partial charge in [0.2, 0.25) is 5.13 Å². The molecule has 0 aliphatic heterocycles. The third kappa shape index (κ3) is 4.05. The Labute approximate surface area is 132 Å². The minimum Gasteiger partial charge on any atom is -0.494 e. The molecule has 2 aromatic rings. The van der Waals surface area contributed by atoms with Gasteiger partial charge in [-0.15, -0.1) is 0 Å². The highest BCUT2D eigenvalue weighted by molar-refractivity contribution is 7.17. The van der Waals surface area contributed by atoms with Crippen molar-refractivity contribution in [1.82, 2.24) is 4.98 Å². The smallest absolute Gasteiger partial charge is 0.350 e. The molecule has 22 heavy (non-hydrogen) atoms. The third-order valence-electron chi connectivity index (χ3n) is 2.73. The summed E-state index contributed by atoms with van der Waals surface area (Å²) in [7, 11) is 1.35. The first-order valence-electron chi connectivity index (χ1n) is 6.71. The first kappa shape index (κ1) is 16.0. The molecule has 0 aliphatic rings. The van der Waals surface area contributed by atoms with E-state index in [0.717, 1.165) is 11.3 Å². The number of esters is 1. The SMILES string of the molecule is CCOc1ccc(/C=N/Nc2nc(C)c(C(=O)OC)s2)cc1. The topological polar surface area (TPSA) is 72.8 Å². The number of hydrogen-bond donors (Lipinski definition) is 1. The van der Waals surface area contributed by atoms with Gasteiger partial charge in [-0.3, -0.25) is 5.43 Å². The highest BCUT2D eigenvalue weighted by Gasteiger charge is 2.15. The average Bonchev–Trinajstić information content (AvgIpc) is 2.89. The average molecular weight is 319 g/mol. The standard InChI is InChI=1S/C15H17N3O3S/c1-4-21-12-7-5-11(6-8-12)9-16-18-15-17-10(2)13(22-15)14(19)20-3/h5-9H,4H2,1-3H3,(H,17,18)/b16-9+. The number of hydrazone groups is 1. The summed E-state index contributed by atoms with van der Waals surface area (Å²) in [6.45, 7) is 4.34. The summed E-state index contributed by atoms with van der Waals surface area (Å²) in [5.41, 5.74) is 4.36. The number of rotatable bonds is 6. The number of thiazole rings is 1. The molecular formula is C15H17N3O3S. The van der Waals surface area contributed by atoms with Crippen molar-refractivity contribution in [1.29, 1.82) is 0 Å². The van der Waals surface area contributed by atoms with E-state index in [2.05, 4.69) is 20.2 Å². The van der Waals surface area contributed by atoms with Gasteiger partial charge in [-0.1, -0.05) is 11.3 Å². The van der Waals surface area contributed by atoms with Crippen molar-refractivity contribution in [3.05, 3.63) is 40.4 Å². The summed E-state index contributed by atoms with van der Waals surface area (Å²) >= 11 is 1.21. The molecule has 1 aromatic heterocycles. The minimum atomic E-state index is -0.390. The molecule has 1 N–H and O–H groups in total. The van der Waals surface area contributed by atoms with Crippen LogP contribution in [0.2, 0.25) is 0 Å². The van der Waals surface area contributed by atoms with Crippen LogP contribution in [0, 0.1) is 6.92 Å². The number of ether oxygens (including phenoxy) is 2. The quantitative estimate of drug-likeness (QED) is 0.503. The van der Waals surface area contributed by atoms with Gasteiger partial charge in [-0.25, -0.2) is 9.78 Å². The predicted octanol–water partition coefficient (Wildman–Crippen LogP) is 3.08. The molecule has 0 fully saturated rings. The Morgan fingerprint density at radius 2 is 2.14 bits per heavy atom. The Morgan fingerprint density at radius 3 is 2.77 bits per heavy atom. The maximum absolute atomic E-state index is 11.5. The second kappa shape index (κ2) is 7.56. The van der Waals surface area contributed by atoms with Crippen molar-refractivity contribution < 1.29 is 14.3 Å². The second-order valence-corrected chi connectivity index (χ2v) is 5.30. The van der Waals surface area contributed by atoms with Gasteiger partial charge in [0.1, 0.15) is 10.6 Å². The lowest BCUT2D eigenvalue weighted by Crippen LogP contribution is -1.99. The zero-order valence-electron chi connectivity index (χ0n) is 12.6. The number of aryl methyl sites for hydroxylation is 1. The van der Waals surface area contributed by atoms with Crippen LogP contribution in [0.15, 0.2) is 29.4 Å². The fourth-order valence-corrected chi connectivity index (χ4v) is 2.54. The van der Waals surface area contributed by atoms with Gasteiger partial charge < -0.3 is 9.47 Å². The number of nitrogens with one attached hydrogen (secondary N) is 1. The van der Waals surface area contributed by atoms with E-state index in [9.17, 15) is 4.79 Å². The molecule has 7 heteroatoms. The number of carbonyl (C=O) groups excluding carboxylic acids is 1. The van der Waals surface area contributed by atoms with Crippen LogP contribution in [0.1, 0.15) is 27.9 Å². The van der Waals surface area contributed by atoms with Gasteiger partial charge >= 0.3 is 5.97 Å². The monoisotopic (exact) mass is 319 g/mol. The summed E-state index contributed by atoms with van der Waals surface area (Å²) in [5, 5.41) is 4.65. The third-order valence-corrected chi connectivity index (χ3v) is 3.77. The van der Waals surface area contributed by atoms with Gasteiger partial charge in [0, 0.05) is 0 Å². The molecule has 0 spiro atoms. The molecule has 0 amide bonds. The summed E-state index contributed by atoms with van der Waals surface area (Å²) < 4.78 is 10.1. The van der Waals surface area contributed by atoms with Gasteiger partial charge in [0.15, 0.2) is 0 Å². The van der Waals surface area contributed by atoms with E-state index in [4.69, 9.17) is 4.74 Å². The van der Waals surface area contributed by atoms with Gasteiger partial charge in [0.25, 0.3) is 0 Å². The molecular weight excluding hydrogens is 302 g/mol. The molecule has 0 aliphatic carbocycles. The zero-order chi connectivity index (χ0) is 15.9. The van der Waals surface area contributed by atoms with Crippen molar-refractivity contribution in [2.45, 2.75) is 13.8 Å². The fraction of sp³-hybridized carbons (Fsp3) is 0.267. The van der Waals surface area contributed by atoms with Crippen LogP contribution in [0.5, 0.6) is 5.75 Å². The fourth-order valence-electron chi connectivity index (χ4n) is 1.71. The number of nitrogens with zero attached hydrogens (tertiary/aromatic N) is 2. The lowest BCUT2D eigenvalue weighted by atomic mass is 10.2. The van der Waals surface area contributed by atoms with Crippen molar-refractivity contribution >= 4 is 28.7 Å². The Hall–Kier alpha value is -2.41. The first-order valence-corrected chi connectivity index (χ1v) is 7.53. The minimum absolute atomic E-state index is 0.390. The van der Waals surface area contributed by atoms with E-state index in [1.807, 2.05) is 31.2 Å². The van der Waals surface area contributed by atoms with Gasteiger partial charge in [0.05, 0.1) is 25.6 Å². The van der Waals surface area contributed by atoms with Crippen LogP contribution < -0.4 is 10.2 Å². The van der Waals surface area contributed by atoms with E-state index in [0.29, 0.717) is 22.3 Å². The number of methoxy groups -OCH3 is 1. The predicted molar refractivity (Wildman–Crippen MR) is 87.0 cm³/mol. The van der Waals surface area contributed by atoms with E-state index in [-0.39, 0.29) is 0 Å². The van der Waals surface area contributed by atoms with Gasteiger partial charge in [-0.2, -0.15) is 5.10 Å². The number of hydrogen-bond acceptors (Lipinski definition) is 7. The largest absolute Gasteiger partial charge is 0.494 e. The molecule has 2 rings (SSSR count). The maximum Gasteiger partial charge on any atom is 0.350 e. The van der Waals surface area contributed by atoms with Crippen molar-refractivity contribution in [2.24, 2.45) is 5.10 Å². The number of anilines is 1. The van der Waals surface area contributed by atoms with Crippen molar-refractivity contribution in [3.8, 4) is 5.75 Å². The Morgan fingerprint density at radius 1 is 1.41 bits per heavy atom. The molecule has 0 saturated heterocycles. The van der Waals surface area contributed by atoms with Crippen LogP contribution in [0.3, 0.4) is 0 Å². The van der Waals surface area contributed by atoms with E-state index in [1.54, 1.807) is 13.1 Å². The summed E-state index contributed by atoms with van der Waals surface area (Å²) in [4.78, 5) is 16.2. The molecule has 0 saturated carbocycles. The molecule has 116 valence electrons. The van der Waals surface area contributed by atoms with Crippen LogP contribution >= 0.6 is 11.3 Å². The molecule has 6 nitrogen and oxygen atoms in total. The Balaban J connectivity index is 1.98. The highest BCUT2D eigenvalue weighted by atomic mass is 32.1. The second-order valence-electron chi connectivity index (χ2n) is 4.30. The maximum atomic E-state index is 11.5. The lowest BCUT2D eigenvalue weighted by Gasteiger charge is -2.01. The number of carbonyl (C=O) groups is 1. The van der Waals surface area contributed by atoms with E-state index < -0.39 is 5.97 Å².